The summed E-state index contributed by atoms with van der Waals surface area (Å²) in [6.07, 6.45) is 1.90. The number of esters is 1. The van der Waals surface area contributed by atoms with Crippen LogP contribution in [-0.2, 0) is 54.2 Å². The largest absolute Gasteiger partial charge is 0.457 e. The van der Waals surface area contributed by atoms with Crippen molar-refractivity contribution in [1.29, 1.82) is 0 Å². The molecule has 3 aliphatic heterocycles. The number of carbonyl (C=O) groups is 8. The van der Waals surface area contributed by atoms with Gasteiger partial charge in [0.15, 0.2) is 11.6 Å². The fraction of sp³-hybridized carbons (Fsp3) is 0.625. The maximum Gasteiger partial charge on any atom is 0.409 e. The summed E-state index contributed by atoms with van der Waals surface area (Å²) in [6.45, 7) is 14.8. The molecular weight excluding hydrogens is 888 g/mol. The second kappa shape index (κ2) is 22.8. The highest BCUT2D eigenvalue weighted by molar-refractivity contribution is 6.34. The Bertz CT molecular complexity index is 2150. The lowest BCUT2D eigenvalue weighted by molar-refractivity contribution is -0.162. The third kappa shape index (κ3) is 13.7. The Hall–Kier alpha value is -5.17. The number of amides is 5. The number of anilines is 1. The fourth-order valence-corrected chi connectivity index (χ4v) is 8.55. The maximum absolute atomic E-state index is 14.2. The molecule has 4 rings (SSSR count). The molecule has 3 aliphatic rings. The Kier molecular flexibility index (Phi) is 18.5. The molecule has 1 aromatic rings. The molecule has 370 valence electrons. The molecule has 2 fully saturated rings. The lowest BCUT2D eigenvalue weighted by Gasteiger charge is -2.41. The van der Waals surface area contributed by atoms with Crippen molar-refractivity contribution in [3.8, 4) is 0 Å². The SMILES string of the molecule is C/C1=C\C=C\C(C)C2(O)CC(OC(=O)N2)C(C)C2OC2(C)C(OC(=O)C(C)N(C)C(=O)CCCC(=O)NC(C)C(=O)CC(C)C(=O)NC(C)C(=O)CN)CC(=O)N(C)c2cc(cc(C)c2Cl)C1. The highest BCUT2D eigenvalue weighted by atomic mass is 35.5. The molecule has 6 N–H and O–H groups in total. The molecule has 0 radical (unpaired) electrons. The Morgan fingerprint density at radius 3 is 2.36 bits per heavy atom. The third-order valence-electron chi connectivity index (χ3n) is 13.3. The number of aliphatic hydroxyl groups is 1. The van der Waals surface area contributed by atoms with Gasteiger partial charge in [-0.05, 0) is 71.6 Å². The Labute approximate surface area is 398 Å². The van der Waals surface area contributed by atoms with Crippen LogP contribution in [0.25, 0.3) is 0 Å². The zero-order valence-electron chi connectivity index (χ0n) is 40.5. The summed E-state index contributed by atoms with van der Waals surface area (Å²) in [5, 5.41) is 19.8. The van der Waals surface area contributed by atoms with Crippen LogP contribution in [0.4, 0.5) is 10.5 Å². The van der Waals surface area contributed by atoms with Gasteiger partial charge in [-0.25, -0.2) is 9.59 Å². The number of hydrogen-bond donors (Lipinski definition) is 5. The number of rotatable bonds is 15. The Balaban J connectivity index is 1.46. The third-order valence-corrected chi connectivity index (χ3v) is 13.8. The number of ether oxygens (including phenoxy) is 3. The van der Waals surface area contributed by atoms with Crippen LogP contribution < -0.4 is 26.6 Å². The number of hydrogen-bond acceptors (Lipinski definition) is 13. The monoisotopic (exact) mass is 956 g/mol. The molecule has 4 bridgehead atoms. The summed E-state index contributed by atoms with van der Waals surface area (Å²) in [7, 11) is 3.00. The zero-order chi connectivity index (χ0) is 50.3. The molecule has 3 heterocycles. The summed E-state index contributed by atoms with van der Waals surface area (Å²) >= 11 is 6.80. The van der Waals surface area contributed by atoms with Crippen molar-refractivity contribution in [2.75, 3.05) is 25.5 Å². The van der Waals surface area contributed by atoms with E-state index in [0.29, 0.717) is 17.1 Å². The van der Waals surface area contributed by atoms with Gasteiger partial charge < -0.3 is 45.5 Å². The molecule has 19 heteroatoms. The molecule has 1 aromatic carbocycles. The zero-order valence-corrected chi connectivity index (χ0v) is 41.3. The topological polar surface area (TPSA) is 256 Å². The number of nitrogens with one attached hydrogen (secondary N) is 3. The molecule has 0 aliphatic carbocycles. The van der Waals surface area contributed by atoms with E-state index in [9.17, 15) is 43.5 Å². The van der Waals surface area contributed by atoms with Gasteiger partial charge in [0.2, 0.25) is 23.6 Å². The van der Waals surface area contributed by atoms with Gasteiger partial charge in [0.25, 0.3) is 0 Å². The van der Waals surface area contributed by atoms with E-state index in [1.165, 1.54) is 44.5 Å². The minimum Gasteiger partial charge on any atom is -0.457 e. The van der Waals surface area contributed by atoms with Gasteiger partial charge in [-0.2, -0.15) is 0 Å². The lowest BCUT2D eigenvalue weighted by Crippen LogP contribution is -2.60. The minimum atomic E-state index is -1.66. The van der Waals surface area contributed by atoms with Crippen molar-refractivity contribution in [3.63, 3.8) is 0 Å². The highest BCUT2D eigenvalue weighted by Crippen LogP contribution is 2.49. The molecule has 0 aromatic heterocycles. The first-order valence-corrected chi connectivity index (χ1v) is 23.2. The summed E-state index contributed by atoms with van der Waals surface area (Å²) < 4.78 is 18.1. The molecule has 18 nitrogen and oxygen atoms in total. The average Bonchev–Trinajstić information content (AvgIpc) is 3.96. The fourth-order valence-electron chi connectivity index (χ4n) is 8.31. The van der Waals surface area contributed by atoms with Crippen molar-refractivity contribution in [2.24, 2.45) is 23.5 Å². The van der Waals surface area contributed by atoms with E-state index in [1.807, 2.05) is 38.1 Å². The maximum atomic E-state index is 14.2. The number of likely N-dealkylation sites (N-methyl/N-ethyl adjacent to an activating group) is 1. The van der Waals surface area contributed by atoms with Crippen LogP contribution in [0.5, 0.6) is 0 Å². The molecular formula is C48H69ClN6O12. The van der Waals surface area contributed by atoms with Gasteiger partial charge in [-0.1, -0.05) is 62.2 Å². The molecule has 0 spiro atoms. The van der Waals surface area contributed by atoms with Gasteiger partial charge in [-0.3, -0.25) is 34.1 Å². The number of ketones is 2. The second-order valence-electron chi connectivity index (χ2n) is 18.8. The van der Waals surface area contributed by atoms with E-state index in [4.69, 9.17) is 31.5 Å². The first-order chi connectivity index (χ1) is 31.2. The van der Waals surface area contributed by atoms with E-state index in [2.05, 4.69) is 16.0 Å². The van der Waals surface area contributed by atoms with E-state index >= 15 is 0 Å². The normalized spacial score (nSPS) is 28.4. The molecule has 11 atom stereocenters. The molecule has 5 amide bonds. The summed E-state index contributed by atoms with van der Waals surface area (Å²) in [5.41, 5.74) is 5.50. The van der Waals surface area contributed by atoms with Gasteiger partial charge in [0.1, 0.15) is 29.6 Å². The van der Waals surface area contributed by atoms with E-state index < -0.39 is 107 Å². The first-order valence-electron chi connectivity index (χ1n) is 22.8. The van der Waals surface area contributed by atoms with E-state index in [1.54, 1.807) is 33.9 Å². The van der Waals surface area contributed by atoms with Crippen molar-refractivity contribution >= 4 is 64.5 Å². The van der Waals surface area contributed by atoms with Crippen LogP contribution in [0.3, 0.4) is 0 Å². The number of alkyl carbamates (subject to hydrolysis) is 1. The van der Waals surface area contributed by atoms with Crippen molar-refractivity contribution < 1.29 is 57.7 Å². The van der Waals surface area contributed by atoms with E-state index in [-0.39, 0.29) is 50.9 Å². The predicted octanol–water partition coefficient (Wildman–Crippen LogP) is 3.74. The summed E-state index contributed by atoms with van der Waals surface area (Å²) in [5.74, 6) is -5.31. The number of allylic oxidation sites excluding steroid dienone is 3. The van der Waals surface area contributed by atoms with Crippen LogP contribution in [-0.4, -0.2) is 126 Å². The number of epoxide rings is 1. The predicted molar refractivity (Wildman–Crippen MR) is 249 cm³/mol. The molecule has 2 saturated heterocycles. The Morgan fingerprint density at radius 2 is 1.70 bits per heavy atom. The Morgan fingerprint density at radius 1 is 1.04 bits per heavy atom. The second-order valence-corrected chi connectivity index (χ2v) is 19.1. The molecule has 11 unspecified atom stereocenters. The van der Waals surface area contributed by atoms with Crippen LogP contribution in [0.2, 0.25) is 5.02 Å². The van der Waals surface area contributed by atoms with Crippen molar-refractivity contribution in [3.05, 3.63) is 52.1 Å². The number of fused-ring (bicyclic) bond motifs is 5. The van der Waals surface area contributed by atoms with Crippen molar-refractivity contribution in [2.45, 2.75) is 155 Å². The number of aryl methyl sites for hydroxylation is 1. The average molecular weight is 958 g/mol. The number of nitrogens with two attached hydrogens (primary N) is 1. The van der Waals surface area contributed by atoms with Gasteiger partial charge in [0, 0.05) is 57.5 Å². The van der Waals surface area contributed by atoms with Crippen LogP contribution >= 0.6 is 11.6 Å². The van der Waals surface area contributed by atoms with Gasteiger partial charge in [0.05, 0.1) is 41.9 Å². The minimum absolute atomic E-state index is 0.0163. The summed E-state index contributed by atoms with van der Waals surface area (Å²) in [6, 6.07) is 0.911. The number of nitrogens with zero attached hydrogens (tertiary/aromatic N) is 2. The van der Waals surface area contributed by atoms with Gasteiger partial charge >= 0.3 is 12.1 Å². The number of carbonyl (C=O) groups excluding carboxylic acids is 8. The number of benzene rings is 1. The van der Waals surface area contributed by atoms with Crippen LogP contribution in [0.15, 0.2) is 35.9 Å². The highest BCUT2D eigenvalue weighted by Gasteiger charge is 2.64. The standard InChI is InChI=1S/C48H69ClN6O12/c1-25-14-12-15-28(4)48(64)23-37(65-46(63)53-48)29(5)43-47(9,67-43)38(22-41(60)55(11)34-21-33(18-25)19-26(2)42(34)49)66-45(62)32(8)54(10)40(59)17-13-16-39(58)51-30(6)35(56)20-27(3)44(61)52-31(7)36(57)24-50/h12,14-15,19,21,27-32,37-38,43,64H,13,16-18,20,22-24,50H2,1-11H3,(H,51,58)(H,52,61)(H,53,63)/b15-12+,25-14+. The van der Waals surface area contributed by atoms with Crippen molar-refractivity contribution in [1.82, 2.24) is 20.9 Å². The first kappa shape index (κ1) is 54.4. The molecule has 67 heavy (non-hydrogen) atoms. The van der Waals surface area contributed by atoms with Crippen LogP contribution in [0, 0.1) is 24.7 Å². The number of halogens is 1. The molecule has 0 saturated carbocycles. The van der Waals surface area contributed by atoms with Crippen LogP contribution in [0.1, 0.15) is 105 Å². The smallest absolute Gasteiger partial charge is 0.409 e. The van der Waals surface area contributed by atoms with E-state index in [0.717, 1.165) is 16.7 Å². The quantitative estimate of drug-likeness (QED) is 0.124. The number of Topliss-reactive ketones (excluding diaryl/α,β-unsaturated/α-hetero) is 2. The van der Waals surface area contributed by atoms with Gasteiger partial charge in [-0.15, -0.1) is 0 Å². The summed E-state index contributed by atoms with van der Waals surface area (Å²) in [4.78, 5) is 107. The lowest BCUT2D eigenvalue weighted by atomic mass is 9.82.